The first kappa shape index (κ1) is 21.2. The number of imidazole rings is 1. The van der Waals surface area contributed by atoms with E-state index in [1.165, 1.54) is 18.4 Å². The first-order valence-corrected chi connectivity index (χ1v) is 12.0. The molecule has 2 fully saturated rings. The molecular formula is C25H29FN8. The molecule has 4 aromatic rings. The minimum absolute atomic E-state index is 0.294. The minimum Gasteiger partial charge on any atom is -0.324 e. The number of hydrogen-bond acceptors (Lipinski definition) is 6. The van der Waals surface area contributed by atoms with Crippen LogP contribution >= 0.6 is 0 Å². The molecule has 1 unspecified atom stereocenters. The zero-order chi connectivity index (χ0) is 23.1. The lowest BCUT2D eigenvalue weighted by Gasteiger charge is -2.33. The van der Waals surface area contributed by atoms with Crippen LogP contribution in [0, 0.1) is 11.7 Å². The molecule has 1 atom stereocenters. The van der Waals surface area contributed by atoms with Gasteiger partial charge in [-0.3, -0.25) is 9.58 Å². The molecule has 1 saturated heterocycles. The van der Waals surface area contributed by atoms with Crippen LogP contribution in [0.1, 0.15) is 31.4 Å². The van der Waals surface area contributed by atoms with Gasteiger partial charge in [-0.2, -0.15) is 5.10 Å². The van der Waals surface area contributed by atoms with Crippen LogP contribution in [-0.4, -0.2) is 55.8 Å². The molecule has 9 heteroatoms. The quantitative estimate of drug-likeness (QED) is 0.385. The highest BCUT2D eigenvalue weighted by molar-refractivity contribution is 5.84. The van der Waals surface area contributed by atoms with Crippen molar-refractivity contribution in [3.8, 4) is 11.1 Å². The minimum atomic E-state index is -0.346. The van der Waals surface area contributed by atoms with E-state index in [4.69, 9.17) is 0 Å². The molecule has 1 aliphatic heterocycles. The Balaban J connectivity index is 1.22. The van der Waals surface area contributed by atoms with Gasteiger partial charge >= 0.3 is 0 Å². The van der Waals surface area contributed by atoms with E-state index in [-0.39, 0.29) is 5.82 Å². The van der Waals surface area contributed by atoms with Crippen molar-refractivity contribution in [1.82, 2.24) is 34.9 Å². The third kappa shape index (κ3) is 4.28. The number of nitrogens with zero attached hydrogens (tertiary/aromatic N) is 5. The van der Waals surface area contributed by atoms with E-state index in [1.54, 1.807) is 18.5 Å². The average molecular weight is 461 g/mol. The first-order chi connectivity index (χ1) is 16.6. The van der Waals surface area contributed by atoms with E-state index in [9.17, 15) is 0 Å². The van der Waals surface area contributed by atoms with Gasteiger partial charge < -0.3 is 15.6 Å². The number of rotatable bonds is 7. The summed E-state index contributed by atoms with van der Waals surface area (Å²) in [5, 5.41) is 11.0. The van der Waals surface area contributed by atoms with Crippen LogP contribution in [0.5, 0.6) is 0 Å². The van der Waals surface area contributed by atoms with Gasteiger partial charge in [-0.15, -0.1) is 0 Å². The molecule has 3 N–H and O–H groups in total. The Kier molecular flexibility index (Phi) is 5.50. The van der Waals surface area contributed by atoms with E-state index in [0.29, 0.717) is 40.3 Å². The summed E-state index contributed by atoms with van der Waals surface area (Å²) in [6.45, 7) is 7.19. The summed E-state index contributed by atoms with van der Waals surface area (Å²) < 4.78 is 17.3. The Morgan fingerprint density at radius 2 is 2.06 bits per heavy atom. The van der Waals surface area contributed by atoms with Gasteiger partial charge in [0.15, 0.2) is 5.82 Å². The number of aromatic nitrogens is 5. The van der Waals surface area contributed by atoms with E-state index < -0.39 is 0 Å². The third-order valence-corrected chi connectivity index (χ3v) is 6.89. The van der Waals surface area contributed by atoms with Crippen molar-refractivity contribution < 1.29 is 4.39 Å². The zero-order valence-corrected chi connectivity index (χ0v) is 19.3. The summed E-state index contributed by atoms with van der Waals surface area (Å²) in [5.74, 6) is 1.52. The first-order valence-electron chi connectivity index (χ1n) is 12.0. The monoisotopic (exact) mass is 460 g/mol. The molecule has 0 spiro atoms. The van der Waals surface area contributed by atoms with E-state index >= 15 is 4.39 Å². The largest absolute Gasteiger partial charge is 0.324 e. The predicted molar refractivity (Wildman–Crippen MR) is 130 cm³/mol. The maximum Gasteiger partial charge on any atom is 0.206 e. The maximum atomic E-state index is 15.4. The third-order valence-electron chi connectivity index (χ3n) is 6.89. The molecule has 0 radical (unpaired) electrons. The van der Waals surface area contributed by atoms with Gasteiger partial charge in [-0.05, 0) is 55.5 Å². The van der Waals surface area contributed by atoms with E-state index in [0.717, 1.165) is 38.3 Å². The van der Waals surface area contributed by atoms with Crippen LogP contribution in [0.3, 0.4) is 0 Å². The Morgan fingerprint density at radius 3 is 2.88 bits per heavy atom. The van der Waals surface area contributed by atoms with Crippen molar-refractivity contribution in [2.45, 2.75) is 32.4 Å². The molecule has 8 nitrogen and oxygen atoms in total. The number of benzene rings is 1. The van der Waals surface area contributed by atoms with Crippen LogP contribution < -0.4 is 10.6 Å². The molecule has 1 aromatic carbocycles. The number of anilines is 2. The van der Waals surface area contributed by atoms with Gasteiger partial charge in [-0.1, -0.05) is 0 Å². The smallest absolute Gasteiger partial charge is 0.206 e. The molecule has 176 valence electrons. The van der Waals surface area contributed by atoms with Crippen molar-refractivity contribution in [3.63, 3.8) is 0 Å². The summed E-state index contributed by atoms with van der Waals surface area (Å²) >= 11 is 0. The molecule has 1 saturated carbocycles. The van der Waals surface area contributed by atoms with Crippen molar-refractivity contribution >= 4 is 22.8 Å². The van der Waals surface area contributed by atoms with Gasteiger partial charge in [0.05, 0.1) is 11.7 Å². The number of halogens is 1. The molecule has 2 aliphatic rings. The Hall–Kier alpha value is -3.30. The number of aromatic amines is 1. The van der Waals surface area contributed by atoms with Crippen molar-refractivity contribution in [1.29, 1.82) is 0 Å². The highest BCUT2D eigenvalue weighted by Gasteiger charge is 2.23. The molecule has 1 aliphatic carbocycles. The van der Waals surface area contributed by atoms with Gasteiger partial charge in [-0.25, -0.2) is 14.4 Å². The second-order valence-electron chi connectivity index (χ2n) is 9.36. The highest BCUT2D eigenvalue weighted by atomic mass is 19.1. The van der Waals surface area contributed by atoms with Crippen molar-refractivity contribution in [2.75, 3.05) is 31.5 Å². The van der Waals surface area contributed by atoms with Crippen LogP contribution in [0.2, 0.25) is 0 Å². The SMILES string of the molecule is CC(c1ccnc(Nc2nc3c(F)c(-c4cnn(CC5CC5)c4)ccc3[nH]2)c1)N1CCNCC1. The topological polar surface area (TPSA) is 86.7 Å². The van der Waals surface area contributed by atoms with Gasteiger partial charge in [0.2, 0.25) is 5.95 Å². The molecule has 0 amide bonds. The lowest BCUT2D eigenvalue weighted by molar-refractivity contribution is 0.185. The summed E-state index contributed by atoms with van der Waals surface area (Å²) in [7, 11) is 0. The number of hydrogen-bond donors (Lipinski definition) is 3. The van der Waals surface area contributed by atoms with Crippen molar-refractivity contribution in [3.05, 3.63) is 54.2 Å². The number of nitrogens with one attached hydrogen (secondary N) is 3. The second-order valence-corrected chi connectivity index (χ2v) is 9.36. The summed E-state index contributed by atoms with van der Waals surface area (Å²) in [6, 6.07) is 8.02. The fourth-order valence-corrected chi connectivity index (χ4v) is 4.67. The second kappa shape index (κ2) is 8.81. The van der Waals surface area contributed by atoms with Crippen molar-refractivity contribution in [2.24, 2.45) is 5.92 Å². The standard InChI is InChI=1S/C25H29FN8/c1-16(33-10-8-27-9-11-33)18-6-7-28-22(12-18)31-25-30-21-5-4-20(23(26)24(21)32-25)19-13-29-34(15-19)14-17-2-3-17/h4-7,12-13,15-17,27H,2-3,8-11,14H2,1H3,(H2,28,30,31,32). The normalized spacial score (nSPS) is 17.8. The molecule has 6 rings (SSSR count). The van der Waals surface area contributed by atoms with E-state index in [1.807, 2.05) is 29.1 Å². The predicted octanol–water partition coefficient (Wildman–Crippen LogP) is 4.08. The summed E-state index contributed by atoms with van der Waals surface area (Å²) in [5.41, 5.74) is 3.42. The zero-order valence-electron chi connectivity index (χ0n) is 19.3. The van der Waals surface area contributed by atoms with Crippen LogP contribution in [0.4, 0.5) is 16.2 Å². The molecule has 4 heterocycles. The van der Waals surface area contributed by atoms with Crippen LogP contribution in [0.25, 0.3) is 22.2 Å². The number of pyridine rings is 1. The number of fused-ring (bicyclic) bond motifs is 1. The number of H-pyrrole nitrogens is 1. The molecule has 3 aromatic heterocycles. The lowest BCUT2D eigenvalue weighted by atomic mass is 10.1. The Labute approximate surface area is 197 Å². The van der Waals surface area contributed by atoms with Crippen LogP contribution in [-0.2, 0) is 6.54 Å². The Morgan fingerprint density at radius 1 is 1.21 bits per heavy atom. The van der Waals surface area contributed by atoms with Crippen LogP contribution in [0.15, 0.2) is 42.9 Å². The van der Waals surface area contributed by atoms with Gasteiger partial charge in [0, 0.05) is 62.3 Å². The molecule has 34 heavy (non-hydrogen) atoms. The number of piperazine rings is 1. The fraction of sp³-hybridized carbons (Fsp3) is 0.400. The Bertz CT molecular complexity index is 1300. The summed E-state index contributed by atoms with van der Waals surface area (Å²) in [6.07, 6.45) is 7.96. The maximum absolute atomic E-state index is 15.4. The van der Waals surface area contributed by atoms with E-state index in [2.05, 4.69) is 42.5 Å². The fourth-order valence-electron chi connectivity index (χ4n) is 4.67. The van der Waals surface area contributed by atoms with Gasteiger partial charge in [0.1, 0.15) is 11.3 Å². The molecular weight excluding hydrogens is 431 g/mol. The highest BCUT2D eigenvalue weighted by Crippen LogP contribution is 2.32. The molecule has 0 bridgehead atoms. The summed E-state index contributed by atoms with van der Waals surface area (Å²) in [4.78, 5) is 14.6. The average Bonchev–Trinajstić information content (AvgIpc) is 3.39. The van der Waals surface area contributed by atoms with Gasteiger partial charge in [0.25, 0.3) is 0 Å². The lowest BCUT2D eigenvalue weighted by Crippen LogP contribution is -2.44.